The summed E-state index contributed by atoms with van der Waals surface area (Å²) in [5.74, 6) is 0.424. The van der Waals surface area contributed by atoms with Gasteiger partial charge in [-0.15, -0.1) is 0 Å². The second-order valence-corrected chi connectivity index (χ2v) is 5.06. The Kier molecular flexibility index (Phi) is 5.16. The van der Waals surface area contributed by atoms with Gasteiger partial charge in [-0.1, -0.05) is 30.3 Å². The maximum absolute atomic E-state index is 12.3. The molecule has 0 saturated heterocycles. The molecule has 0 spiro atoms. The van der Waals surface area contributed by atoms with E-state index in [2.05, 4.69) is 20.3 Å². The van der Waals surface area contributed by atoms with Crippen LogP contribution in [-0.4, -0.2) is 28.0 Å². The van der Waals surface area contributed by atoms with E-state index in [1.165, 1.54) is 25.7 Å². The zero-order valence-electron chi connectivity index (χ0n) is 13.5. The molecular weight excluding hydrogens is 320 g/mol. The van der Waals surface area contributed by atoms with Crippen LogP contribution >= 0.6 is 0 Å². The van der Waals surface area contributed by atoms with Crippen molar-refractivity contribution >= 4 is 11.6 Å². The van der Waals surface area contributed by atoms with Gasteiger partial charge in [-0.3, -0.25) is 4.79 Å². The highest BCUT2D eigenvalue weighted by atomic mass is 16.5. The van der Waals surface area contributed by atoms with Crippen molar-refractivity contribution in [2.75, 3.05) is 12.4 Å². The predicted molar refractivity (Wildman–Crippen MR) is 91.5 cm³/mol. The van der Waals surface area contributed by atoms with Gasteiger partial charge in [0.1, 0.15) is 18.6 Å². The van der Waals surface area contributed by atoms with Gasteiger partial charge in [0, 0.05) is 12.1 Å². The molecule has 126 valence electrons. The number of aromatic nitrogens is 3. The third kappa shape index (κ3) is 4.51. The van der Waals surface area contributed by atoms with E-state index in [4.69, 9.17) is 9.47 Å². The number of nitrogens with zero attached hydrogens (tertiary/aromatic N) is 3. The average Bonchev–Trinajstić information content (AvgIpc) is 2.68. The van der Waals surface area contributed by atoms with Crippen LogP contribution in [-0.2, 0) is 6.61 Å². The SMILES string of the molecule is COc1ccc(NC(=O)c2cc(OCc3ccccc3)ncn2)cn1. The summed E-state index contributed by atoms with van der Waals surface area (Å²) in [6, 6.07) is 14.5. The monoisotopic (exact) mass is 336 g/mol. The number of hydrogen-bond acceptors (Lipinski definition) is 6. The molecule has 0 aliphatic heterocycles. The molecule has 2 aromatic heterocycles. The van der Waals surface area contributed by atoms with Gasteiger partial charge in [-0.05, 0) is 11.6 Å². The molecule has 0 atom stereocenters. The normalized spacial score (nSPS) is 10.1. The average molecular weight is 336 g/mol. The zero-order chi connectivity index (χ0) is 17.5. The highest BCUT2D eigenvalue weighted by Crippen LogP contribution is 2.14. The van der Waals surface area contributed by atoms with Gasteiger partial charge >= 0.3 is 0 Å². The van der Waals surface area contributed by atoms with E-state index >= 15 is 0 Å². The number of anilines is 1. The van der Waals surface area contributed by atoms with Gasteiger partial charge in [-0.2, -0.15) is 0 Å². The molecule has 0 aliphatic carbocycles. The molecule has 2 heterocycles. The third-order valence-corrected chi connectivity index (χ3v) is 3.31. The number of hydrogen-bond donors (Lipinski definition) is 1. The molecule has 3 rings (SSSR count). The molecule has 0 fully saturated rings. The first kappa shape index (κ1) is 16.4. The van der Waals surface area contributed by atoms with E-state index in [0.717, 1.165) is 5.56 Å². The fraction of sp³-hybridized carbons (Fsp3) is 0.111. The van der Waals surface area contributed by atoms with Crippen LogP contribution in [0.25, 0.3) is 0 Å². The number of carbonyl (C=O) groups excluding carboxylic acids is 1. The molecule has 0 aliphatic rings. The molecule has 1 amide bonds. The Labute approximate surface area is 144 Å². The van der Waals surface area contributed by atoms with E-state index in [0.29, 0.717) is 24.1 Å². The molecule has 0 saturated carbocycles. The van der Waals surface area contributed by atoms with Crippen LogP contribution in [0.15, 0.2) is 61.1 Å². The third-order valence-electron chi connectivity index (χ3n) is 3.31. The van der Waals surface area contributed by atoms with Crippen LogP contribution in [0.3, 0.4) is 0 Å². The van der Waals surface area contributed by atoms with Crippen LogP contribution in [0, 0.1) is 0 Å². The van der Waals surface area contributed by atoms with Gasteiger partial charge in [-0.25, -0.2) is 15.0 Å². The lowest BCUT2D eigenvalue weighted by molar-refractivity contribution is 0.102. The van der Waals surface area contributed by atoms with Crippen molar-refractivity contribution in [1.82, 2.24) is 15.0 Å². The predicted octanol–water partition coefficient (Wildman–Crippen LogP) is 2.71. The lowest BCUT2D eigenvalue weighted by atomic mass is 10.2. The van der Waals surface area contributed by atoms with Gasteiger partial charge in [0.2, 0.25) is 11.8 Å². The summed E-state index contributed by atoms with van der Waals surface area (Å²) in [4.78, 5) is 24.3. The lowest BCUT2D eigenvalue weighted by Gasteiger charge is -2.07. The standard InChI is InChI=1S/C18H16N4O3/c1-24-16-8-7-14(10-19-16)22-18(23)15-9-17(21-12-20-15)25-11-13-5-3-2-4-6-13/h2-10,12H,11H2,1H3,(H,22,23). The van der Waals surface area contributed by atoms with Gasteiger partial charge in [0.25, 0.3) is 5.91 Å². The molecule has 3 aromatic rings. The van der Waals surface area contributed by atoms with E-state index in [1.54, 1.807) is 12.1 Å². The van der Waals surface area contributed by atoms with Crippen LogP contribution in [0.5, 0.6) is 11.8 Å². The van der Waals surface area contributed by atoms with Crippen LogP contribution < -0.4 is 14.8 Å². The largest absolute Gasteiger partial charge is 0.481 e. The summed E-state index contributed by atoms with van der Waals surface area (Å²) in [7, 11) is 1.53. The van der Waals surface area contributed by atoms with Gasteiger partial charge in [0.05, 0.1) is 19.0 Å². The molecular formula is C18H16N4O3. The van der Waals surface area contributed by atoms with Crippen LogP contribution in [0.2, 0.25) is 0 Å². The number of benzene rings is 1. The smallest absolute Gasteiger partial charge is 0.274 e. The molecule has 0 radical (unpaired) electrons. The summed E-state index contributed by atoms with van der Waals surface area (Å²) in [6.07, 6.45) is 2.80. The summed E-state index contributed by atoms with van der Waals surface area (Å²) >= 11 is 0. The minimum Gasteiger partial charge on any atom is -0.481 e. The topological polar surface area (TPSA) is 86.2 Å². The summed E-state index contributed by atoms with van der Waals surface area (Å²) in [6.45, 7) is 0.362. The van der Waals surface area contributed by atoms with E-state index in [9.17, 15) is 4.79 Å². The molecule has 0 bridgehead atoms. The number of ether oxygens (including phenoxy) is 2. The summed E-state index contributed by atoms with van der Waals surface area (Å²) in [5.41, 5.74) is 1.75. The highest BCUT2D eigenvalue weighted by Gasteiger charge is 2.10. The Morgan fingerprint density at radius 1 is 1.04 bits per heavy atom. The van der Waals surface area contributed by atoms with E-state index in [-0.39, 0.29) is 11.6 Å². The van der Waals surface area contributed by atoms with Crippen molar-refractivity contribution in [2.45, 2.75) is 6.61 Å². The minimum atomic E-state index is -0.376. The number of carbonyl (C=O) groups is 1. The lowest BCUT2D eigenvalue weighted by Crippen LogP contribution is -2.14. The molecule has 25 heavy (non-hydrogen) atoms. The number of nitrogens with one attached hydrogen (secondary N) is 1. The molecule has 7 heteroatoms. The van der Waals surface area contributed by atoms with Gasteiger partial charge < -0.3 is 14.8 Å². The molecule has 1 N–H and O–H groups in total. The van der Waals surface area contributed by atoms with Crippen LogP contribution in [0.4, 0.5) is 5.69 Å². The Morgan fingerprint density at radius 3 is 2.60 bits per heavy atom. The van der Waals surface area contributed by atoms with Crippen LogP contribution in [0.1, 0.15) is 16.1 Å². The summed E-state index contributed by atoms with van der Waals surface area (Å²) < 4.78 is 10.6. The van der Waals surface area contributed by atoms with Crippen molar-refractivity contribution < 1.29 is 14.3 Å². The summed E-state index contributed by atoms with van der Waals surface area (Å²) in [5, 5.41) is 2.71. The van der Waals surface area contributed by atoms with Gasteiger partial charge in [0.15, 0.2) is 0 Å². The van der Waals surface area contributed by atoms with E-state index in [1.807, 2.05) is 30.3 Å². The highest BCUT2D eigenvalue weighted by molar-refractivity contribution is 6.02. The maximum atomic E-state index is 12.3. The Hall–Kier alpha value is -3.48. The van der Waals surface area contributed by atoms with Crippen molar-refractivity contribution in [3.63, 3.8) is 0 Å². The first-order valence-electron chi connectivity index (χ1n) is 7.55. The first-order chi connectivity index (χ1) is 12.2. The first-order valence-corrected chi connectivity index (χ1v) is 7.55. The van der Waals surface area contributed by atoms with Crippen molar-refractivity contribution in [2.24, 2.45) is 0 Å². The van der Waals surface area contributed by atoms with Crippen molar-refractivity contribution in [3.8, 4) is 11.8 Å². The van der Waals surface area contributed by atoms with Crippen molar-refractivity contribution in [1.29, 1.82) is 0 Å². The molecule has 0 unspecified atom stereocenters. The van der Waals surface area contributed by atoms with Crippen molar-refractivity contribution in [3.05, 3.63) is 72.3 Å². The number of pyridine rings is 1. The quantitative estimate of drug-likeness (QED) is 0.745. The second-order valence-electron chi connectivity index (χ2n) is 5.06. The maximum Gasteiger partial charge on any atom is 0.274 e. The number of rotatable bonds is 6. The Bertz CT molecular complexity index is 838. The zero-order valence-corrected chi connectivity index (χ0v) is 13.5. The molecule has 7 nitrogen and oxygen atoms in total. The van der Waals surface area contributed by atoms with E-state index < -0.39 is 0 Å². The fourth-order valence-electron chi connectivity index (χ4n) is 2.04. The number of methoxy groups -OCH3 is 1. The fourth-order valence-corrected chi connectivity index (χ4v) is 2.04. The number of amides is 1. The Balaban J connectivity index is 1.64. The minimum absolute atomic E-state index is 0.203. The second kappa shape index (κ2) is 7.87. The Morgan fingerprint density at radius 2 is 1.88 bits per heavy atom. The molecule has 1 aromatic carbocycles.